The van der Waals surface area contributed by atoms with Gasteiger partial charge in [-0.2, -0.15) is 0 Å². The largest absolute Gasteiger partial charge is 0.368 e. The highest BCUT2D eigenvalue weighted by Gasteiger charge is 2.28. The summed E-state index contributed by atoms with van der Waals surface area (Å²) in [6, 6.07) is 1.46. The first-order valence-corrected chi connectivity index (χ1v) is 8.27. The van der Waals surface area contributed by atoms with Crippen LogP contribution >= 0.6 is 0 Å². The fraction of sp³-hybridized carbons (Fsp3) is 0.688. The Balaban J connectivity index is 1.96. The second kappa shape index (κ2) is 7.59. The molecule has 0 radical (unpaired) electrons. The Morgan fingerprint density at radius 1 is 1.26 bits per heavy atom. The van der Waals surface area contributed by atoms with Gasteiger partial charge in [0.25, 0.3) is 5.91 Å². The molecule has 128 valence electrons. The lowest BCUT2D eigenvalue weighted by Crippen LogP contribution is -2.54. The van der Waals surface area contributed by atoms with E-state index in [2.05, 4.69) is 19.0 Å². The molecule has 23 heavy (non-hydrogen) atoms. The van der Waals surface area contributed by atoms with Crippen LogP contribution in [0, 0.1) is 0 Å². The number of rotatable bonds is 6. The zero-order valence-electron chi connectivity index (χ0n) is 14.1. The summed E-state index contributed by atoms with van der Waals surface area (Å²) in [5.41, 5.74) is 6.17. The molecule has 0 spiro atoms. The predicted octanol–water partition coefficient (Wildman–Crippen LogP) is 1.21. The molecule has 7 heteroatoms. The lowest BCUT2D eigenvalue weighted by atomic mass is 9.99. The Morgan fingerprint density at radius 2 is 1.87 bits per heavy atom. The van der Waals surface area contributed by atoms with Gasteiger partial charge in [-0.1, -0.05) is 19.0 Å². The van der Waals surface area contributed by atoms with E-state index in [4.69, 9.17) is 10.3 Å². The van der Waals surface area contributed by atoms with Crippen molar-refractivity contribution in [2.45, 2.75) is 45.6 Å². The number of aromatic nitrogens is 1. The van der Waals surface area contributed by atoms with E-state index in [-0.39, 0.29) is 17.9 Å². The summed E-state index contributed by atoms with van der Waals surface area (Å²) in [5.74, 6) is 0.146. The van der Waals surface area contributed by atoms with Crippen molar-refractivity contribution in [2.24, 2.45) is 5.73 Å². The average molecular weight is 322 g/mol. The first kappa shape index (κ1) is 17.5. The van der Waals surface area contributed by atoms with Gasteiger partial charge in [-0.05, 0) is 19.8 Å². The molecule has 0 unspecified atom stereocenters. The van der Waals surface area contributed by atoms with Gasteiger partial charge in [0.2, 0.25) is 11.7 Å². The second-order valence-corrected chi connectivity index (χ2v) is 6.04. The van der Waals surface area contributed by atoms with E-state index >= 15 is 0 Å². The molecule has 1 saturated heterocycles. The van der Waals surface area contributed by atoms with Crippen molar-refractivity contribution < 1.29 is 14.1 Å². The Morgan fingerprint density at radius 3 is 2.39 bits per heavy atom. The van der Waals surface area contributed by atoms with Crippen LogP contribution < -0.4 is 5.73 Å². The van der Waals surface area contributed by atoms with Gasteiger partial charge in [-0.25, -0.2) is 0 Å². The maximum absolute atomic E-state index is 12.5. The number of primary amides is 1. The smallest absolute Gasteiger partial charge is 0.292 e. The highest BCUT2D eigenvalue weighted by Crippen LogP contribution is 2.23. The Kier molecular flexibility index (Phi) is 5.76. The van der Waals surface area contributed by atoms with Crippen molar-refractivity contribution >= 4 is 11.8 Å². The minimum Gasteiger partial charge on any atom is -0.368 e. The molecule has 1 atom stereocenters. The summed E-state index contributed by atoms with van der Waals surface area (Å²) in [4.78, 5) is 27.5. The number of nitrogens with two attached hydrogens (primary N) is 1. The van der Waals surface area contributed by atoms with Crippen LogP contribution in [-0.4, -0.2) is 59.0 Å². The zero-order valence-corrected chi connectivity index (χ0v) is 14.1. The van der Waals surface area contributed by atoms with Crippen LogP contribution in [0.2, 0.25) is 0 Å². The van der Waals surface area contributed by atoms with Gasteiger partial charge in [0.15, 0.2) is 0 Å². The summed E-state index contributed by atoms with van der Waals surface area (Å²) in [5, 5.41) is 4.05. The van der Waals surface area contributed by atoms with Crippen LogP contribution in [0.1, 0.15) is 55.8 Å². The van der Waals surface area contributed by atoms with Crippen LogP contribution in [-0.2, 0) is 4.79 Å². The molecule has 1 aromatic heterocycles. The highest BCUT2D eigenvalue weighted by atomic mass is 16.5. The van der Waals surface area contributed by atoms with Gasteiger partial charge >= 0.3 is 0 Å². The summed E-state index contributed by atoms with van der Waals surface area (Å²) in [6.07, 6.45) is 1.95. The number of carbonyl (C=O) groups excluding carboxylic acids is 2. The molecule has 0 aliphatic carbocycles. The third kappa shape index (κ3) is 3.90. The molecular weight excluding hydrogens is 296 g/mol. The molecule has 0 saturated carbocycles. The molecule has 2 amide bonds. The molecule has 1 aliphatic rings. The van der Waals surface area contributed by atoms with Gasteiger partial charge < -0.3 is 15.2 Å². The van der Waals surface area contributed by atoms with Gasteiger partial charge in [-0.3, -0.25) is 14.5 Å². The van der Waals surface area contributed by atoms with Crippen molar-refractivity contribution in [3.8, 4) is 0 Å². The maximum Gasteiger partial charge on any atom is 0.292 e. The lowest BCUT2D eigenvalue weighted by Gasteiger charge is -2.36. The summed E-state index contributed by atoms with van der Waals surface area (Å²) in [6.45, 7) is 8.35. The van der Waals surface area contributed by atoms with E-state index in [1.165, 1.54) is 0 Å². The van der Waals surface area contributed by atoms with Crippen LogP contribution in [0.25, 0.3) is 0 Å². The fourth-order valence-corrected chi connectivity index (χ4v) is 2.94. The highest BCUT2D eigenvalue weighted by molar-refractivity contribution is 5.91. The van der Waals surface area contributed by atoms with Gasteiger partial charge in [0, 0.05) is 38.2 Å². The van der Waals surface area contributed by atoms with Crippen LogP contribution in [0.4, 0.5) is 0 Å². The van der Waals surface area contributed by atoms with E-state index in [0.717, 1.165) is 18.5 Å². The Hall–Kier alpha value is -1.89. The molecule has 2 N–H and O–H groups in total. The fourth-order valence-electron chi connectivity index (χ4n) is 2.94. The van der Waals surface area contributed by atoms with Crippen molar-refractivity contribution in [2.75, 3.05) is 26.2 Å². The minimum absolute atomic E-state index is 0.138. The van der Waals surface area contributed by atoms with E-state index in [0.29, 0.717) is 37.9 Å². The van der Waals surface area contributed by atoms with Crippen molar-refractivity contribution in [1.82, 2.24) is 15.0 Å². The first-order chi connectivity index (χ1) is 11.0. The quantitative estimate of drug-likeness (QED) is 0.850. The topological polar surface area (TPSA) is 92.7 Å². The SMILES string of the molecule is CCC(CC)c1cc(C(=O)N2CCN([C@H](C)C(N)=O)CC2)on1. The number of carbonyl (C=O) groups is 2. The number of hydrogen-bond donors (Lipinski definition) is 1. The average Bonchev–Trinajstić information content (AvgIpc) is 3.04. The molecule has 1 aromatic rings. The number of piperazine rings is 1. The van der Waals surface area contributed by atoms with Crippen molar-refractivity contribution in [3.05, 3.63) is 17.5 Å². The van der Waals surface area contributed by atoms with E-state index < -0.39 is 0 Å². The minimum atomic E-state index is -0.338. The van der Waals surface area contributed by atoms with Crippen molar-refractivity contribution in [3.63, 3.8) is 0 Å². The third-order valence-corrected chi connectivity index (χ3v) is 4.70. The first-order valence-electron chi connectivity index (χ1n) is 8.27. The number of amides is 2. The van der Waals surface area contributed by atoms with E-state index in [1.54, 1.807) is 17.9 Å². The van der Waals surface area contributed by atoms with E-state index in [1.807, 2.05) is 4.90 Å². The summed E-state index contributed by atoms with van der Waals surface area (Å²) in [7, 11) is 0. The lowest BCUT2D eigenvalue weighted by molar-refractivity contribution is -0.123. The van der Waals surface area contributed by atoms with E-state index in [9.17, 15) is 9.59 Å². The number of nitrogens with zero attached hydrogens (tertiary/aromatic N) is 3. The predicted molar refractivity (Wildman–Crippen MR) is 86.0 cm³/mol. The van der Waals surface area contributed by atoms with Crippen LogP contribution in [0.3, 0.4) is 0 Å². The van der Waals surface area contributed by atoms with Crippen LogP contribution in [0.15, 0.2) is 10.6 Å². The zero-order chi connectivity index (χ0) is 17.0. The van der Waals surface area contributed by atoms with Crippen molar-refractivity contribution in [1.29, 1.82) is 0 Å². The molecule has 0 aromatic carbocycles. The standard InChI is InChI=1S/C16H26N4O3/c1-4-12(5-2)13-10-14(23-18-13)16(22)20-8-6-19(7-9-20)11(3)15(17)21/h10-12H,4-9H2,1-3H3,(H2,17,21)/t11-/m1/s1. The summed E-state index contributed by atoms with van der Waals surface area (Å²) >= 11 is 0. The van der Waals surface area contributed by atoms with Gasteiger partial charge in [-0.15, -0.1) is 0 Å². The molecule has 2 heterocycles. The number of hydrogen-bond acceptors (Lipinski definition) is 5. The molecule has 2 rings (SSSR count). The van der Waals surface area contributed by atoms with Gasteiger partial charge in [0.1, 0.15) is 0 Å². The third-order valence-electron chi connectivity index (χ3n) is 4.70. The van der Waals surface area contributed by atoms with Gasteiger partial charge in [0.05, 0.1) is 11.7 Å². The molecule has 7 nitrogen and oxygen atoms in total. The maximum atomic E-state index is 12.5. The van der Waals surface area contributed by atoms with Crippen LogP contribution in [0.5, 0.6) is 0 Å². The normalized spacial score (nSPS) is 17.5. The molecule has 1 aliphatic heterocycles. The molecular formula is C16H26N4O3. The molecule has 1 fully saturated rings. The second-order valence-electron chi connectivity index (χ2n) is 6.04. The summed E-state index contributed by atoms with van der Waals surface area (Å²) < 4.78 is 5.25. The monoisotopic (exact) mass is 322 g/mol. The Labute approximate surface area is 136 Å². The Bertz CT molecular complexity index is 545. The molecule has 0 bridgehead atoms.